The monoisotopic (exact) mass is 362 g/mol. The number of H-pyrrole nitrogens is 1. The van der Waals surface area contributed by atoms with Gasteiger partial charge in [0.1, 0.15) is 5.82 Å². The van der Waals surface area contributed by atoms with Crippen LogP contribution in [-0.2, 0) is 11.2 Å². The van der Waals surface area contributed by atoms with Crippen LogP contribution in [0.25, 0.3) is 0 Å². The van der Waals surface area contributed by atoms with E-state index in [4.69, 9.17) is 4.74 Å². The summed E-state index contributed by atoms with van der Waals surface area (Å²) < 4.78 is 6.07. The minimum atomic E-state index is -0.000927. The van der Waals surface area contributed by atoms with Crippen LogP contribution in [0.5, 0.6) is 0 Å². The molecule has 1 aliphatic rings. The normalized spacial score (nSPS) is 16.3. The van der Waals surface area contributed by atoms with Crippen molar-refractivity contribution in [3.63, 3.8) is 0 Å². The molecule has 0 amide bonds. The first-order chi connectivity index (χ1) is 8.72. The Balaban J connectivity index is 2.19. The molecule has 18 heavy (non-hydrogen) atoms. The number of aromatic amines is 1. The van der Waals surface area contributed by atoms with Gasteiger partial charge in [0.2, 0.25) is 0 Å². The van der Waals surface area contributed by atoms with E-state index in [1.165, 1.54) is 12.8 Å². The molecule has 4 nitrogen and oxygen atoms in total. The summed E-state index contributed by atoms with van der Waals surface area (Å²) in [7, 11) is 0. The molecule has 0 saturated heterocycles. The van der Waals surface area contributed by atoms with Crippen LogP contribution >= 0.6 is 22.6 Å². The molecule has 0 aliphatic heterocycles. The van der Waals surface area contributed by atoms with E-state index in [-0.39, 0.29) is 5.56 Å². The number of nitrogens with one attached hydrogen (secondary N) is 1. The Morgan fingerprint density at radius 1 is 1.44 bits per heavy atom. The van der Waals surface area contributed by atoms with Crippen molar-refractivity contribution in [2.75, 3.05) is 13.2 Å². The maximum atomic E-state index is 11.9. The minimum Gasteiger partial charge on any atom is -0.381 e. The van der Waals surface area contributed by atoms with Crippen molar-refractivity contribution < 1.29 is 4.74 Å². The van der Waals surface area contributed by atoms with Crippen LogP contribution in [0.2, 0.25) is 0 Å². The molecule has 1 heterocycles. The predicted octanol–water partition coefficient (Wildman–Crippen LogP) is 2.61. The lowest BCUT2D eigenvalue weighted by atomic mass is 10.0. The summed E-state index contributed by atoms with van der Waals surface area (Å²) in [6.07, 6.45) is 5.52. The first-order valence-electron chi connectivity index (χ1n) is 6.58. The van der Waals surface area contributed by atoms with Gasteiger partial charge in [0.25, 0.3) is 5.56 Å². The third-order valence-electron chi connectivity index (χ3n) is 3.37. The van der Waals surface area contributed by atoms with Gasteiger partial charge < -0.3 is 9.72 Å². The maximum Gasteiger partial charge on any atom is 0.264 e. The van der Waals surface area contributed by atoms with Gasteiger partial charge in [0, 0.05) is 18.9 Å². The molecule has 0 spiro atoms. The van der Waals surface area contributed by atoms with E-state index >= 15 is 0 Å². The average Bonchev–Trinajstić information content (AvgIpc) is 2.87. The number of nitrogens with zero attached hydrogens (tertiary/aromatic N) is 1. The summed E-state index contributed by atoms with van der Waals surface area (Å²) in [6, 6.07) is 0. The van der Waals surface area contributed by atoms with Gasteiger partial charge in [-0.05, 0) is 42.4 Å². The second-order valence-corrected chi connectivity index (χ2v) is 5.72. The van der Waals surface area contributed by atoms with Crippen molar-refractivity contribution in [1.29, 1.82) is 0 Å². The smallest absolute Gasteiger partial charge is 0.264 e. The van der Waals surface area contributed by atoms with Crippen LogP contribution in [0.15, 0.2) is 4.79 Å². The first-order valence-corrected chi connectivity index (χ1v) is 7.66. The molecule has 100 valence electrons. The van der Waals surface area contributed by atoms with Crippen molar-refractivity contribution >= 4 is 22.6 Å². The SMILES string of the molecule is CCOCCc1nc(C2CCCC2)c(I)c(=O)[nH]1. The van der Waals surface area contributed by atoms with E-state index in [9.17, 15) is 4.79 Å². The Bertz CT molecular complexity index is 453. The molecule has 0 aromatic carbocycles. The molecule has 1 aromatic heterocycles. The largest absolute Gasteiger partial charge is 0.381 e. The standard InChI is InChI=1S/C13H19IN2O2/c1-2-18-8-7-10-15-12(9-5-3-4-6-9)11(14)13(17)16-10/h9H,2-8H2,1H3,(H,15,16,17). The van der Waals surface area contributed by atoms with Crippen LogP contribution in [0.3, 0.4) is 0 Å². The highest BCUT2D eigenvalue weighted by Gasteiger charge is 2.22. The van der Waals surface area contributed by atoms with Crippen LogP contribution in [-0.4, -0.2) is 23.2 Å². The second-order valence-electron chi connectivity index (χ2n) is 4.64. The van der Waals surface area contributed by atoms with Gasteiger partial charge in [-0.25, -0.2) is 4.98 Å². The molecule has 0 atom stereocenters. The van der Waals surface area contributed by atoms with Crippen molar-refractivity contribution in [3.05, 3.63) is 25.4 Å². The topological polar surface area (TPSA) is 55.0 Å². The van der Waals surface area contributed by atoms with Crippen molar-refractivity contribution in [3.8, 4) is 0 Å². The number of rotatable bonds is 5. The molecule has 1 N–H and O–H groups in total. The molecular formula is C13H19IN2O2. The number of hydrogen-bond acceptors (Lipinski definition) is 3. The molecule has 1 saturated carbocycles. The summed E-state index contributed by atoms with van der Waals surface area (Å²) in [4.78, 5) is 19.4. The lowest BCUT2D eigenvalue weighted by molar-refractivity contribution is 0.149. The van der Waals surface area contributed by atoms with E-state index < -0.39 is 0 Å². The van der Waals surface area contributed by atoms with Crippen molar-refractivity contribution in [2.24, 2.45) is 0 Å². The highest BCUT2D eigenvalue weighted by Crippen LogP contribution is 2.34. The highest BCUT2D eigenvalue weighted by molar-refractivity contribution is 14.1. The minimum absolute atomic E-state index is 0.000927. The number of halogens is 1. The lowest BCUT2D eigenvalue weighted by Gasteiger charge is -2.12. The number of aromatic nitrogens is 2. The molecule has 1 fully saturated rings. The van der Waals surface area contributed by atoms with Gasteiger partial charge in [0.05, 0.1) is 15.9 Å². The molecule has 0 unspecified atom stereocenters. The summed E-state index contributed by atoms with van der Waals surface area (Å²) in [6.45, 7) is 3.28. The summed E-state index contributed by atoms with van der Waals surface area (Å²) in [5, 5.41) is 0. The molecule has 1 aliphatic carbocycles. The summed E-state index contributed by atoms with van der Waals surface area (Å²) in [5.41, 5.74) is 1.00. The Kier molecular flexibility index (Phi) is 5.17. The number of ether oxygens (including phenoxy) is 1. The average molecular weight is 362 g/mol. The van der Waals surface area contributed by atoms with E-state index in [0.717, 1.165) is 27.9 Å². The van der Waals surface area contributed by atoms with Crippen LogP contribution < -0.4 is 5.56 Å². The zero-order valence-electron chi connectivity index (χ0n) is 10.7. The molecule has 1 aromatic rings. The first kappa shape index (κ1) is 14.0. The van der Waals surface area contributed by atoms with Crippen molar-refractivity contribution in [1.82, 2.24) is 9.97 Å². The lowest BCUT2D eigenvalue weighted by Crippen LogP contribution is -2.20. The van der Waals surface area contributed by atoms with Crippen LogP contribution in [0.1, 0.15) is 50.0 Å². The third kappa shape index (κ3) is 3.32. The summed E-state index contributed by atoms with van der Waals surface area (Å²) >= 11 is 2.12. The van der Waals surface area contributed by atoms with E-state index in [0.29, 0.717) is 25.6 Å². The van der Waals surface area contributed by atoms with E-state index in [1.807, 2.05) is 6.92 Å². The zero-order valence-corrected chi connectivity index (χ0v) is 12.8. The van der Waals surface area contributed by atoms with E-state index in [2.05, 4.69) is 32.6 Å². The fourth-order valence-electron chi connectivity index (χ4n) is 2.43. The van der Waals surface area contributed by atoms with Crippen LogP contribution in [0.4, 0.5) is 0 Å². The number of hydrogen-bond donors (Lipinski definition) is 1. The summed E-state index contributed by atoms with van der Waals surface area (Å²) in [5.74, 6) is 1.24. The quantitative estimate of drug-likeness (QED) is 0.647. The zero-order chi connectivity index (χ0) is 13.0. The predicted molar refractivity (Wildman–Crippen MR) is 79.0 cm³/mol. The van der Waals surface area contributed by atoms with Gasteiger partial charge in [-0.2, -0.15) is 0 Å². The van der Waals surface area contributed by atoms with Gasteiger partial charge in [-0.1, -0.05) is 12.8 Å². The molecule has 0 bridgehead atoms. The van der Waals surface area contributed by atoms with Gasteiger partial charge in [-0.15, -0.1) is 0 Å². The maximum absolute atomic E-state index is 11.9. The fourth-order valence-corrected chi connectivity index (χ4v) is 3.12. The van der Waals surface area contributed by atoms with Gasteiger partial charge >= 0.3 is 0 Å². The highest BCUT2D eigenvalue weighted by atomic mass is 127. The van der Waals surface area contributed by atoms with Gasteiger partial charge in [0.15, 0.2) is 0 Å². The Morgan fingerprint density at radius 3 is 2.83 bits per heavy atom. The molecule has 0 radical (unpaired) electrons. The Hall–Kier alpha value is -0.430. The van der Waals surface area contributed by atoms with Crippen molar-refractivity contribution in [2.45, 2.75) is 44.9 Å². The second kappa shape index (κ2) is 6.65. The third-order valence-corrected chi connectivity index (χ3v) is 4.41. The fraction of sp³-hybridized carbons (Fsp3) is 0.692. The Labute approximate surface area is 121 Å². The molecular weight excluding hydrogens is 343 g/mol. The van der Waals surface area contributed by atoms with E-state index in [1.54, 1.807) is 0 Å². The molecule has 2 rings (SSSR count). The molecule has 5 heteroatoms. The van der Waals surface area contributed by atoms with Crippen LogP contribution in [0, 0.1) is 3.57 Å². The Morgan fingerprint density at radius 2 is 2.17 bits per heavy atom. The van der Waals surface area contributed by atoms with Gasteiger partial charge in [-0.3, -0.25) is 4.79 Å².